The van der Waals surface area contributed by atoms with E-state index in [0.717, 1.165) is 37.2 Å². The van der Waals surface area contributed by atoms with E-state index in [1.165, 1.54) is 0 Å². The van der Waals surface area contributed by atoms with Gasteiger partial charge in [0.15, 0.2) is 0 Å². The first-order valence-corrected chi connectivity index (χ1v) is 8.37. The molecule has 142 valence electrons. The molecule has 3 N–H and O–H groups in total. The molecule has 0 aliphatic heterocycles. The quantitative estimate of drug-likeness (QED) is 0.690. The highest BCUT2D eigenvalue weighted by Crippen LogP contribution is 2.19. The normalized spacial score (nSPS) is 10.4. The molecule has 1 heterocycles. The third kappa shape index (κ3) is 6.47. The van der Waals surface area contributed by atoms with Crippen molar-refractivity contribution in [3.63, 3.8) is 0 Å². The van der Waals surface area contributed by atoms with Crippen LogP contribution in [0.2, 0.25) is 0 Å². The fraction of sp³-hybridized carbons (Fsp3) is 0.529. The molecule has 0 radical (unpaired) electrons. The zero-order chi connectivity index (χ0) is 16.7. The minimum absolute atomic E-state index is 0. The van der Waals surface area contributed by atoms with Crippen LogP contribution in [0.1, 0.15) is 26.7 Å². The van der Waals surface area contributed by atoms with Gasteiger partial charge < -0.3 is 15.2 Å². The number of anilines is 1. The maximum Gasteiger partial charge on any atom is 0.226 e. The molecule has 2 aromatic rings. The maximum atomic E-state index is 12.0. The summed E-state index contributed by atoms with van der Waals surface area (Å²) in [5, 5.41) is 2.93. The second-order valence-electron chi connectivity index (χ2n) is 5.54. The van der Waals surface area contributed by atoms with E-state index in [1.807, 2.05) is 24.3 Å². The molecular formula is C17H29Cl2N5O. The van der Waals surface area contributed by atoms with Crippen molar-refractivity contribution in [3.05, 3.63) is 24.3 Å². The Balaban J connectivity index is 0.00000288. The summed E-state index contributed by atoms with van der Waals surface area (Å²) in [7, 11) is 0. The molecule has 0 saturated heterocycles. The topological polar surface area (TPSA) is 76.2 Å². The number of nitrogens with one attached hydrogen (secondary N) is 1. The lowest BCUT2D eigenvalue weighted by atomic mass is 10.3. The van der Waals surface area contributed by atoms with Gasteiger partial charge in [0.1, 0.15) is 0 Å². The van der Waals surface area contributed by atoms with Gasteiger partial charge >= 0.3 is 0 Å². The molecule has 6 nitrogen and oxygen atoms in total. The van der Waals surface area contributed by atoms with Crippen molar-refractivity contribution >= 4 is 47.7 Å². The van der Waals surface area contributed by atoms with Gasteiger partial charge in [-0.05, 0) is 38.2 Å². The molecule has 0 fully saturated rings. The number of hydrogen-bond acceptors (Lipinski definition) is 4. The Bertz CT molecular complexity index is 643. The van der Waals surface area contributed by atoms with Crippen LogP contribution in [0.15, 0.2) is 24.3 Å². The van der Waals surface area contributed by atoms with Crippen LogP contribution in [0.5, 0.6) is 0 Å². The van der Waals surface area contributed by atoms with E-state index in [0.29, 0.717) is 25.3 Å². The standard InChI is InChI=1S/C17H27N5O.2ClH/c1-3-21(4-2)12-13-22-15-9-6-5-8-14(15)19-17(22)20-16(23)10-7-11-18;;/h5-6,8-9H,3-4,7,10-13,18H2,1-2H3,(H,19,20,23);2*1H. The Labute approximate surface area is 162 Å². The lowest BCUT2D eigenvalue weighted by Crippen LogP contribution is -2.27. The monoisotopic (exact) mass is 389 g/mol. The summed E-state index contributed by atoms with van der Waals surface area (Å²) in [6.07, 6.45) is 1.11. The van der Waals surface area contributed by atoms with Gasteiger partial charge in [-0.3, -0.25) is 10.1 Å². The van der Waals surface area contributed by atoms with Gasteiger partial charge in [-0.1, -0.05) is 26.0 Å². The molecule has 0 spiro atoms. The van der Waals surface area contributed by atoms with Crippen molar-refractivity contribution in [1.29, 1.82) is 0 Å². The first-order chi connectivity index (χ1) is 11.2. The smallest absolute Gasteiger partial charge is 0.226 e. The fourth-order valence-corrected chi connectivity index (χ4v) is 2.63. The summed E-state index contributed by atoms with van der Waals surface area (Å²) in [5.41, 5.74) is 7.42. The van der Waals surface area contributed by atoms with E-state index in [4.69, 9.17) is 5.73 Å². The van der Waals surface area contributed by atoms with Crippen LogP contribution in [0.3, 0.4) is 0 Å². The van der Waals surface area contributed by atoms with Gasteiger partial charge in [0, 0.05) is 19.5 Å². The molecule has 8 heteroatoms. The number of aromatic nitrogens is 2. The molecule has 1 aromatic carbocycles. The van der Waals surface area contributed by atoms with Gasteiger partial charge in [-0.25, -0.2) is 4.98 Å². The maximum absolute atomic E-state index is 12.0. The number of rotatable bonds is 9. The predicted molar refractivity (Wildman–Crippen MR) is 109 cm³/mol. The Kier molecular flexibility index (Phi) is 11.4. The van der Waals surface area contributed by atoms with Crippen LogP contribution in [0.25, 0.3) is 11.0 Å². The van der Waals surface area contributed by atoms with Crippen molar-refractivity contribution in [2.75, 3.05) is 31.5 Å². The molecule has 0 atom stereocenters. The van der Waals surface area contributed by atoms with E-state index >= 15 is 0 Å². The fourth-order valence-electron chi connectivity index (χ4n) is 2.63. The lowest BCUT2D eigenvalue weighted by Gasteiger charge is -2.19. The molecule has 1 aromatic heterocycles. The summed E-state index contributed by atoms with van der Waals surface area (Å²) in [4.78, 5) is 18.9. The minimum atomic E-state index is -0.0326. The third-order valence-corrected chi connectivity index (χ3v) is 4.05. The first kappa shape index (κ1) is 23.7. The zero-order valence-corrected chi connectivity index (χ0v) is 16.5. The molecule has 0 bridgehead atoms. The number of halogens is 2. The summed E-state index contributed by atoms with van der Waals surface area (Å²) < 4.78 is 2.09. The number of para-hydroxylation sites is 2. The Morgan fingerprint density at radius 1 is 1.24 bits per heavy atom. The average Bonchev–Trinajstić information content (AvgIpc) is 2.91. The van der Waals surface area contributed by atoms with Crippen LogP contribution in [0, 0.1) is 0 Å². The lowest BCUT2D eigenvalue weighted by molar-refractivity contribution is -0.116. The summed E-state index contributed by atoms with van der Waals surface area (Å²) in [6, 6.07) is 7.97. The Morgan fingerprint density at radius 3 is 2.56 bits per heavy atom. The van der Waals surface area contributed by atoms with Crippen LogP contribution < -0.4 is 11.1 Å². The highest BCUT2D eigenvalue weighted by molar-refractivity contribution is 5.91. The summed E-state index contributed by atoms with van der Waals surface area (Å²) in [5.74, 6) is 0.593. The summed E-state index contributed by atoms with van der Waals surface area (Å²) in [6.45, 7) is 8.60. The van der Waals surface area contributed by atoms with Crippen LogP contribution in [0.4, 0.5) is 5.95 Å². The van der Waals surface area contributed by atoms with Gasteiger partial charge in [0.05, 0.1) is 11.0 Å². The van der Waals surface area contributed by atoms with Crippen LogP contribution in [-0.2, 0) is 11.3 Å². The highest BCUT2D eigenvalue weighted by Gasteiger charge is 2.13. The van der Waals surface area contributed by atoms with E-state index in [-0.39, 0.29) is 30.7 Å². The van der Waals surface area contributed by atoms with Crippen LogP contribution >= 0.6 is 24.8 Å². The molecule has 1 amide bonds. The zero-order valence-electron chi connectivity index (χ0n) is 14.9. The van der Waals surface area contributed by atoms with E-state index in [1.54, 1.807) is 0 Å². The van der Waals surface area contributed by atoms with Gasteiger partial charge in [0.25, 0.3) is 0 Å². The molecule has 0 unspecified atom stereocenters. The van der Waals surface area contributed by atoms with Gasteiger partial charge in [-0.15, -0.1) is 24.8 Å². The molecule has 0 aliphatic carbocycles. The average molecular weight is 390 g/mol. The number of fused-ring (bicyclic) bond motifs is 1. The first-order valence-electron chi connectivity index (χ1n) is 8.37. The van der Waals surface area contributed by atoms with E-state index in [2.05, 4.69) is 33.6 Å². The Hall–Kier alpha value is -1.34. The van der Waals surface area contributed by atoms with E-state index < -0.39 is 0 Å². The van der Waals surface area contributed by atoms with Crippen molar-refractivity contribution in [3.8, 4) is 0 Å². The summed E-state index contributed by atoms with van der Waals surface area (Å²) >= 11 is 0. The number of nitrogens with two attached hydrogens (primary N) is 1. The number of imidazole rings is 1. The molecule has 25 heavy (non-hydrogen) atoms. The van der Waals surface area contributed by atoms with Crippen molar-refractivity contribution in [1.82, 2.24) is 14.5 Å². The molecular weight excluding hydrogens is 361 g/mol. The number of carbonyl (C=O) groups is 1. The second kappa shape index (κ2) is 12.1. The van der Waals surface area contributed by atoms with E-state index in [9.17, 15) is 4.79 Å². The Morgan fingerprint density at radius 2 is 1.92 bits per heavy atom. The SMILES string of the molecule is CCN(CC)CCn1c(NC(=O)CCCN)nc2ccccc21.Cl.Cl. The number of benzene rings is 1. The van der Waals surface area contributed by atoms with Crippen molar-refractivity contribution < 1.29 is 4.79 Å². The van der Waals surface area contributed by atoms with Crippen molar-refractivity contribution in [2.45, 2.75) is 33.2 Å². The third-order valence-electron chi connectivity index (χ3n) is 4.05. The number of nitrogens with zero attached hydrogens (tertiary/aromatic N) is 3. The highest BCUT2D eigenvalue weighted by atomic mass is 35.5. The number of amides is 1. The number of hydrogen-bond donors (Lipinski definition) is 2. The van der Waals surface area contributed by atoms with Gasteiger partial charge in [-0.2, -0.15) is 0 Å². The number of likely N-dealkylation sites (N-methyl/N-ethyl adjacent to an activating group) is 1. The van der Waals surface area contributed by atoms with Crippen molar-refractivity contribution in [2.24, 2.45) is 5.73 Å². The second-order valence-corrected chi connectivity index (χ2v) is 5.54. The largest absolute Gasteiger partial charge is 0.330 e. The van der Waals surface area contributed by atoms with Crippen LogP contribution in [-0.4, -0.2) is 46.5 Å². The predicted octanol–water partition coefficient (Wildman–Crippen LogP) is 2.90. The molecule has 0 aliphatic rings. The van der Waals surface area contributed by atoms with Gasteiger partial charge in [0.2, 0.25) is 11.9 Å². The number of carbonyl (C=O) groups excluding carboxylic acids is 1. The molecule has 2 rings (SSSR count). The minimum Gasteiger partial charge on any atom is -0.330 e. The molecule has 0 saturated carbocycles.